The molecule has 9 nitrogen and oxygen atoms in total. The van der Waals surface area contributed by atoms with Crippen molar-refractivity contribution in [3.63, 3.8) is 0 Å². The van der Waals surface area contributed by atoms with Crippen LogP contribution in [0, 0.1) is 0 Å². The number of phenols is 1. The molecular weight excluding hydrogens is 628 g/mol. The molecule has 5 N–H and O–H groups in total. The minimum atomic E-state index is -0.765. The third-order valence-corrected chi connectivity index (χ3v) is 9.41. The zero-order valence-electron chi connectivity index (χ0n) is 28.3. The highest BCUT2D eigenvalue weighted by Crippen LogP contribution is 2.29. The predicted octanol–water partition coefficient (Wildman–Crippen LogP) is 6.80. The number of amides is 1. The quantitative estimate of drug-likeness (QED) is 0.0820. The Balaban J connectivity index is 0.869. The molecule has 1 aromatic heterocycles. The smallest absolute Gasteiger partial charge is 0.411 e. The van der Waals surface area contributed by atoms with Crippen molar-refractivity contribution in [2.24, 2.45) is 0 Å². The number of para-hydroxylation sites is 1. The number of fused-ring (bicyclic) bond motifs is 1. The molecule has 0 aliphatic carbocycles. The van der Waals surface area contributed by atoms with Gasteiger partial charge in [-0.1, -0.05) is 78.9 Å². The number of piperidine rings is 1. The molecule has 50 heavy (non-hydrogen) atoms. The number of hydrogen-bond acceptors (Lipinski definition) is 7. The number of aliphatic hydroxyl groups excluding tert-OH is 1. The van der Waals surface area contributed by atoms with Gasteiger partial charge in [0.2, 0.25) is 5.56 Å². The van der Waals surface area contributed by atoms with Gasteiger partial charge in [-0.15, -0.1) is 0 Å². The number of hydrogen-bond donors (Lipinski definition) is 5. The van der Waals surface area contributed by atoms with Gasteiger partial charge in [0, 0.05) is 36.7 Å². The first-order valence-electron chi connectivity index (χ1n) is 17.6. The van der Waals surface area contributed by atoms with Gasteiger partial charge in [0.05, 0.1) is 17.3 Å². The lowest BCUT2D eigenvalue weighted by molar-refractivity contribution is 0.0587. The number of aromatic nitrogens is 1. The summed E-state index contributed by atoms with van der Waals surface area (Å²) in [6, 6.07) is 32.8. The van der Waals surface area contributed by atoms with Gasteiger partial charge in [0.15, 0.2) is 0 Å². The van der Waals surface area contributed by atoms with Crippen molar-refractivity contribution >= 4 is 22.7 Å². The van der Waals surface area contributed by atoms with Crippen molar-refractivity contribution < 1.29 is 19.7 Å². The number of anilines is 1. The van der Waals surface area contributed by atoms with E-state index in [0.29, 0.717) is 23.0 Å². The summed E-state index contributed by atoms with van der Waals surface area (Å²) < 4.78 is 5.81. The molecule has 6 rings (SSSR count). The summed E-state index contributed by atoms with van der Waals surface area (Å²) in [4.78, 5) is 29.5. The standard InChI is InChI=1S/C41H46N4O5/c46-37-19-17-34(35-18-20-39(48)44-40(35)37)38(47)28-42-23-7-11-29-9-6-10-30(27-29)12-8-24-45-25-21-32(22-26-45)50-41(49)43-36-16-5-4-15-33(36)31-13-2-1-3-14-31/h1-6,9-10,13-20,27,32,38,42,46-47H,7-8,11-12,21-26,28H2,(H,43,49)(H,44,48)/t38-/m0/s1. The molecule has 0 radical (unpaired) electrons. The number of aromatic amines is 1. The molecule has 1 aliphatic heterocycles. The Morgan fingerprint density at radius 3 is 2.42 bits per heavy atom. The van der Waals surface area contributed by atoms with Gasteiger partial charge in [-0.3, -0.25) is 10.1 Å². The third-order valence-electron chi connectivity index (χ3n) is 9.41. The summed E-state index contributed by atoms with van der Waals surface area (Å²) in [7, 11) is 0. The number of aryl methyl sites for hydroxylation is 2. The molecule has 2 heterocycles. The minimum Gasteiger partial charge on any atom is -0.506 e. The predicted molar refractivity (Wildman–Crippen MR) is 199 cm³/mol. The van der Waals surface area contributed by atoms with Crippen molar-refractivity contribution in [1.29, 1.82) is 0 Å². The van der Waals surface area contributed by atoms with Crippen molar-refractivity contribution in [3.8, 4) is 16.9 Å². The van der Waals surface area contributed by atoms with E-state index in [1.54, 1.807) is 12.1 Å². The summed E-state index contributed by atoms with van der Waals surface area (Å²) in [6.45, 7) is 3.99. The summed E-state index contributed by atoms with van der Waals surface area (Å²) in [5.41, 5.74) is 6.12. The van der Waals surface area contributed by atoms with Crippen LogP contribution < -0.4 is 16.2 Å². The fourth-order valence-corrected chi connectivity index (χ4v) is 6.77. The third kappa shape index (κ3) is 9.38. The molecule has 0 bridgehead atoms. The number of likely N-dealkylation sites (tertiary alicyclic amines) is 1. The number of carbonyl (C=O) groups excluding carboxylic acids is 1. The molecule has 1 amide bonds. The fourth-order valence-electron chi connectivity index (χ4n) is 6.77. The largest absolute Gasteiger partial charge is 0.506 e. The zero-order valence-corrected chi connectivity index (χ0v) is 28.3. The zero-order chi connectivity index (χ0) is 34.7. The number of nitrogens with zero attached hydrogens (tertiary/aromatic N) is 1. The SMILES string of the molecule is O=C(Nc1ccccc1-c1ccccc1)OC1CCN(CCCc2cccc(CCCNC[C@H](O)c3ccc(O)c4[nH]c(=O)ccc34)c2)CC1. The molecule has 0 spiro atoms. The second kappa shape index (κ2) is 17.1. The van der Waals surface area contributed by atoms with E-state index >= 15 is 0 Å². The fraction of sp³-hybridized carbons (Fsp3) is 0.317. The molecule has 0 saturated carbocycles. The first-order valence-corrected chi connectivity index (χ1v) is 17.6. The van der Waals surface area contributed by atoms with E-state index in [2.05, 4.69) is 44.8 Å². The van der Waals surface area contributed by atoms with Gasteiger partial charge >= 0.3 is 6.09 Å². The second-order valence-electron chi connectivity index (χ2n) is 13.0. The highest BCUT2D eigenvalue weighted by atomic mass is 16.6. The van der Waals surface area contributed by atoms with E-state index in [9.17, 15) is 19.8 Å². The van der Waals surface area contributed by atoms with Gasteiger partial charge in [0.25, 0.3) is 0 Å². The van der Waals surface area contributed by atoms with Crippen LogP contribution in [0.5, 0.6) is 5.75 Å². The monoisotopic (exact) mass is 674 g/mol. The van der Waals surface area contributed by atoms with E-state index < -0.39 is 12.2 Å². The van der Waals surface area contributed by atoms with Crippen molar-refractivity contribution in [2.75, 3.05) is 38.0 Å². The molecule has 9 heteroatoms. The highest BCUT2D eigenvalue weighted by molar-refractivity contribution is 5.91. The molecule has 4 aromatic carbocycles. The van der Waals surface area contributed by atoms with Crippen LogP contribution in [0.4, 0.5) is 10.5 Å². The molecule has 5 aromatic rings. The molecule has 1 aliphatic rings. The van der Waals surface area contributed by atoms with E-state index in [4.69, 9.17) is 4.74 Å². The Hall–Kier alpha value is -4.96. The molecule has 1 atom stereocenters. The number of H-pyrrole nitrogens is 1. The molecular formula is C41H46N4O5. The Kier molecular flexibility index (Phi) is 11.9. The van der Waals surface area contributed by atoms with Crippen LogP contribution in [0.25, 0.3) is 22.0 Å². The topological polar surface area (TPSA) is 127 Å². The summed E-state index contributed by atoms with van der Waals surface area (Å²) in [5, 5.41) is 27.8. The van der Waals surface area contributed by atoms with E-state index in [1.807, 2.05) is 54.6 Å². The average Bonchev–Trinajstić information content (AvgIpc) is 3.13. The summed E-state index contributed by atoms with van der Waals surface area (Å²) in [5.74, 6) is -0.0146. The van der Waals surface area contributed by atoms with Crippen LogP contribution in [-0.2, 0) is 17.6 Å². The van der Waals surface area contributed by atoms with E-state index in [-0.39, 0.29) is 17.4 Å². The minimum absolute atomic E-state index is 0.0146. The maximum atomic E-state index is 12.8. The van der Waals surface area contributed by atoms with Gasteiger partial charge in [-0.2, -0.15) is 0 Å². The number of phenolic OH excluding ortho intramolecular Hbond substituents is 1. The number of nitrogens with one attached hydrogen (secondary N) is 3. The van der Waals surface area contributed by atoms with Crippen molar-refractivity contribution in [3.05, 3.63) is 130 Å². The Morgan fingerprint density at radius 2 is 1.62 bits per heavy atom. The van der Waals surface area contributed by atoms with Crippen LogP contribution >= 0.6 is 0 Å². The summed E-state index contributed by atoms with van der Waals surface area (Å²) in [6.07, 6.45) is 4.40. The maximum Gasteiger partial charge on any atom is 0.411 e. The van der Waals surface area contributed by atoms with Crippen LogP contribution in [0.3, 0.4) is 0 Å². The van der Waals surface area contributed by atoms with Crippen molar-refractivity contribution in [2.45, 2.75) is 50.7 Å². The number of aromatic hydroxyl groups is 1. The van der Waals surface area contributed by atoms with Gasteiger partial charge in [-0.25, -0.2) is 4.79 Å². The number of aliphatic hydroxyl groups is 1. The molecule has 1 fully saturated rings. The van der Waals surface area contributed by atoms with Crippen LogP contribution in [-0.4, -0.2) is 65.0 Å². The lowest BCUT2D eigenvalue weighted by Crippen LogP contribution is -2.39. The Labute approximate surface area is 292 Å². The number of benzene rings is 4. The van der Waals surface area contributed by atoms with Gasteiger partial charge < -0.3 is 30.2 Å². The highest BCUT2D eigenvalue weighted by Gasteiger charge is 2.22. The second-order valence-corrected chi connectivity index (χ2v) is 13.0. The average molecular weight is 675 g/mol. The van der Waals surface area contributed by atoms with Crippen LogP contribution in [0.1, 0.15) is 48.5 Å². The first-order chi connectivity index (χ1) is 24.4. The van der Waals surface area contributed by atoms with E-state index in [1.165, 1.54) is 23.3 Å². The van der Waals surface area contributed by atoms with Crippen molar-refractivity contribution in [1.82, 2.24) is 15.2 Å². The van der Waals surface area contributed by atoms with Crippen LogP contribution in [0.15, 0.2) is 108 Å². The number of carbonyl (C=O) groups is 1. The Bertz CT molecular complexity index is 1920. The molecule has 0 unspecified atom stereocenters. The van der Waals surface area contributed by atoms with Crippen LogP contribution in [0.2, 0.25) is 0 Å². The number of ether oxygens (including phenoxy) is 1. The molecule has 1 saturated heterocycles. The van der Waals surface area contributed by atoms with Gasteiger partial charge in [0.1, 0.15) is 11.9 Å². The number of rotatable bonds is 14. The van der Waals surface area contributed by atoms with E-state index in [0.717, 1.165) is 81.5 Å². The maximum absolute atomic E-state index is 12.8. The number of pyridine rings is 1. The molecule has 260 valence electrons. The lowest BCUT2D eigenvalue weighted by atomic mass is 10.0. The Morgan fingerprint density at radius 1 is 0.880 bits per heavy atom. The first kappa shape index (κ1) is 34.9. The normalized spacial score (nSPS) is 14.4. The lowest BCUT2D eigenvalue weighted by Gasteiger charge is -2.31. The summed E-state index contributed by atoms with van der Waals surface area (Å²) >= 11 is 0. The van der Waals surface area contributed by atoms with Gasteiger partial charge in [-0.05, 0) is 92.1 Å².